The van der Waals surface area contributed by atoms with Crippen LogP contribution in [0.3, 0.4) is 0 Å². The van der Waals surface area contributed by atoms with E-state index < -0.39 is 0 Å². The lowest BCUT2D eigenvalue weighted by molar-refractivity contribution is 0.302. The van der Waals surface area contributed by atoms with Crippen LogP contribution in [-0.2, 0) is 19.4 Å². The number of para-hydroxylation sites is 2. The normalized spacial score (nSPS) is 13.5. The third-order valence-electron chi connectivity index (χ3n) is 4.41. The molecule has 0 unspecified atom stereocenters. The Balaban J connectivity index is 1.34. The SMILES string of the molecule is c1ccc2c(c1)ncn2CCCOc1ccc2c(c1)CCC2. The van der Waals surface area contributed by atoms with Crippen molar-refractivity contribution in [2.24, 2.45) is 0 Å². The monoisotopic (exact) mass is 292 g/mol. The van der Waals surface area contributed by atoms with Gasteiger partial charge in [-0.1, -0.05) is 18.2 Å². The Morgan fingerprint density at radius 3 is 2.95 bits per heavy atom. The Morgan fingerprint density at radius 2 is 1.95 bits per heavy atom. The molecule has 1 aliphatic carbocycles. The number of hydrogen-bond acceptors (Lipinski definition) is 2. The highest BCUT2D eigenvalue weighted by Gasteiger charge is 2.11. The molecule has 3 heteroatoms. The highest BCUT2D eigenvalue weighted by atomic mass is 16.5. The Morgan fingerprint density at radius 1 is 1.05 bits per heavy atom. The minimum atomic E-state index is 0.741. The molecule has 1 heterocycles. The third-order valence-corrected chi connectivity index (χ3v) is 4.41. The van der Waals surface area contributed by atoms with Gasteiger partial charge in [0, 0.05) is 6.54 Å². The van der Waals surface area contributed by atoms with Crippen LogP contribution in [0.15, 0.2) is 48.8 Å². The molecule has 0 bridgehead atoms. The van der Waals surface area contributed by atoms with Crippen LogP contribution < -0.4 is 4.74 Å². The lowest BCUT2D eigenvalue weighted by atomic mass is 10.1. The van der Waals surface area contributed by atoms with Crippen molar-refractivity contribution in [3.05, 3.63) is 59.9 Å². The van der Waals surface area contributed by atoms with Crippen molar-refractivity contribution in [1.82, 2.24) is 9.55 Å². The molecule has 0 N–H and O–H groups in total. The molecule has 1 aromatic heterocycles. The molecule has 3 nitrogen and oxygen atoms in total. The molecule has 0 aliphatic heterocycles. The van der Waals surface area contributed by atoms with Crippen molar-refractivity contribution in [2.45, 2.75) is 32.2 Å². The standard InChI is InChI=1S/C19H20N2O/c1-2-8-19-18(7-1)20-14-21(19)11-4-12-22-17-10-9-15-5-3-6-16(15)13-17/h1-2,7-10,13-14H,3-6,11-12H2. The second-order valence-corrected chi connectivity index (χ2v) is 5.91. The number of ether oxygens (including phenoxy) is 1. The average Bonchev–Trinajstić information content (AvgIpc) is 3.18. The van der Waals surface area contributed by atoms with Gasteiger partial charge < -0.3 is 9.30 Å². The van der Waals surface area contributed by atoms with Crippen molar-refractivity contribution >= 4 is 11.0 Å². The molecule has 0 amide bonds. The van der Waals surface area contributed by atoms with E-state index in [0.29, 0.717) is 0 Å². The van der Waals surface area contributed by atoms with Crippen LogP contribution in [0.5, 0.6) is 5.75 Å². The summed E-state index contributed by atoms with van der Waals surface area (Å²) in [5.74, 6) is 1.01. The zero-order valence-electron chi connectivity index (χ0n) is 12.7. The summed E-state index contributed by atoms with van der Waals surface area (Å²) >= 11 is 0. The first kappa shape index (κ1) is 13.4. The Hall–Kier alpha value is -2.29. The van der Waals surface area contributed by atoms with Crippen LogP contribution in [0.4, 0.5) is 0 Å². The highest BCUT2D eigenvalue weighted by molar-refractivity contribution is 5.74. The molecule has 112 valence electrons. The first-order chi connectivity index (χ1) is 10.9. The molecule has 0 spiro atoms. The molecule has 3 aromatic rings. The zero-order chi connectivity index (χ0) is 14.8. The van der Waals surface area contributed by atoms with Crippen molar-refractivity contribution in [3.63, 3.8) is 0 Å². The van der Waals surface area contributed by atoms with Crippen LogP contribution >= 0.6 is 0 Å². The lowest BCUT2D eigenvalue weighted by Gasteiger charge is -2.09. The van der Waals surface area contributed by atoms with Crippen molar-refractivity contribution in [3.8, 4) is 5.75 Å². The van der Waals surface area contributed by atoms with E-state index in [1.54, 1.807) is 0 Å². The maximum atomic E-state index is 5.91. The lowest BCUT2D eigenvalue weighted by Crippen LogP contribution is -2.04. The van der Waals surface area contributed by atoms with Crippen molar-refractivity contribution in [1.29, 1.82) is 0 Å². The van der Waals surface area contributed by atoms with Gasteiger partial charge in [-0.3, -0.25) is 0 Å². The maximum Gasteiger partial charge on any atom is 0.119 e. The Kier molecular flexibility index (Phi) is 3.55. The van der Waals surface area contributed by atoms with Gasteiger partial charge in [0.25, 0.3) is 0 Å². The Bertz CT molecular complexity index is 791. The molecular formula is C19H20N2O. The molecule has 22 heavy (non-hydrogen) atoms. The fourth-order valence-electron chi connectivity index (χ4n) is 3.25. The molecule has 0 saturated carbocycles. The highest BCUT2D eigenvalue weighted by Crippen LogP contribution is 2.26. The number of aryl methyl sites for hydroxylation is 3. The summed E-state index contributed by atoms with van der Waals surface area (Å²) in [5.41, 5.74) is 5.22. The van der Waals surface area contributed by atoms with E-state index in [1.165, 1.54) is 35.9 Å². The summed E-state index contributed by atoms with van der Waals surface area (Å²) in [6.45, 7) is 1.68. The van der Waals surface area contributed by atoms with E-state index >= 15 is 0 Å². The number of nitrogens with zero attached hydrogens (tertiary/aromatic N) is 2. The fourth-order valence-corrected chi connectivity index (χ4v) is 3.25. The van der Waals surface area contributed by atoms with Gasteiger partial charge in [0.05, 0.1) is 24.0 Å². The maximum absolute atomic E-state index is 5.91. The summed E-state index contributed by atoms with van der Waals surface area (Å²) in [7, 11) is 0. The second-order valence-electron chi connectivity index (χ2n) is 5.91. The number of rotatable bonds is 5. The van der Waals surface area contributed by atoms with Gasteiger partial charge >= 0.3 is 0 Å². The largest absolute Gasteiger partial charge is 0.494 e. The zero-order valence-corrected chi connectivity index (χ0v) is 12.7. The van der Waals surface area contributed by atoms with E-state index in [4.69, 9.17) is 4.74 Å². The van der Waals surface area contributed by atoms with E-state index in [9.17, 15) is 0 Å². The summed E-state index contributed by atoms with van der Waals surface area (Å²) in [6, 6.07) is 14.8. The number of benzene rings is 2. The summed E-state index contributed by atoms with van der Waals surface area (Å²) in [5, 5.41) is 0. The second kappa shape index (κ2) is 5.84. The molecule has 0 radical (unpaired) electrons. The smallest absolute Gasteiger partial charge is 0.119 e. The topological polar surface area (TPSA) is 27.1 Å². The van der Waals surface area contributed by atoms with Crippen LogP contribution in [-0.4, -0.2) is 16.2 Å². The molecule has 1 aliphatic rings. The summed E-state index contributed by atoms with van der Waals surface area (Å²) in [4.78, 5) is 4.42. The number of imidazole rings is 1. The van der Waals surface area contributed by atoms with Crippen LogP contribution in [0.1, 0.15) is 24.0 Å². The van der Waals surface area contributed by atoms with Crippen LogP contribution in [0.25, 0.3) is 11.0 Å². The van der Waals surface area contributed by atoms with Gasteiger partial charge in [-0.25, -0.2) is 4.98 Å². The first-order valence-corrected chi connectivity index (χ1v) is 8.05. The van der Waals surface area contributed by atoms with E-state index in [-0.39, 0.29) is 0 Å². The molecule has 0 fully saturated rings. The van der Waals surface area contributed by atoms with E-state index in [2.05, 4.69) is 39.9 Å². The van der Waals surface area contributed by atoms with Gasteiger partial charge in [-0.2, -0.15) is 0 Å². The van der Waals surface area contributed by atoms with Crippen LogP contribution in [0.2, 0.25) is 0 Å². The Labute approximate surface area is 130 Å². The predicted octanol–water partition coefficient (Wildman–Crippen LogP) is 3.99. The molecule has 0 atom stereocenters. The van der Waals surface area contributed by atoms with Crippen LogP contribution in [0, 0.1) is 0 Å². The minimum Gasteiger partial charge on any atom is -0.494 e. The van der Waals surface area contributed by atoms with Gasteiger partial charge in [0.15, 0.2) is 0 Å². The van der Waals surface area contributed by atoms with Gasteiger partial charge in [0.2, 0.25) is 0 Å². The van der Waals surface area contributed by atoms with Gasteiger partial charge in [-0.05, 0) is 61.1 Å². The quantitative estimate of drug-likeness (QED) is 0.665. The van der Waals surface area contributed by atoms with Crippen molar-refractivity contribution in [2.75, 3.05) is 6.61 Å². The number of aromatic nitrogens is 2. The molecule has 2 aromatic carbocycles. The van der Waals surface area contributed by atoms with Gasteiger partial charge in [0.1, 0.15) is 5.75 Å². The predicted molar refractivity (Wildman–Crippen MR) is 88.3 cm³/mol. The molecule has 4 rings (SSSR count). The minimum absolute atomic E-state index is 0.741. The molecular weight excluding hydrogens is 272 g/mol. The van der Waals surface area contributed by atoms with Crippen molar-refractivity contribution < 1.29 is 4.74 Å². The molecule has 0 saturated heterocycles. The third kappa shape index (κ3) is 2.59. The van der Waals surface area contributed by atoms with E-state index in [0.717, 1.165) is 30.8 Å². The average molecular weight is 292 g/mol. The summed E-state index contributed by atoms with van der Waals surface area (Å²) < 4.78 is 8.10. The summed E-state index contributed by atoms with van der Waals surface area (Å²) in [6.07, 6.45) is 6.61. The fraction of sp³-hybridized carbons (Fsp3) is 0.316. The first-order valence-electron chi connectivity index (χ1n) is 8.05. The number of hydrogen-bond donors (Lipinski definition) is 0. The number of fused-ring (bicyclic) bond motifs is 2. The van der Waals surface area contributed by atoms with E-state index in [1.807, 2.05) is 18.5 Å². The van der Waals surface area contributed by atoms with Gasteiger partial charge in [-0.15, -0.1) is 0 Å².